The van der Waals surface area contributed by atoms with E-state index < -0.39 is 0 Å². The van der Waals surface area contributed by atoms with Crippen LogP contribution in [0.4, 0.5) is 0 Å². The smallest absolute Gasteiger partial charge is 0.253 e. The summed E-state index contributed by atoms with van der Waals surface area (Å²) in [7, 11) is 1.61. The number of ether oxygens (including phenoxy) is 1. The summed E-state index contributed by atoms with van der Waals surface area (Å²) in [6.45, 7) is 2.50. The van der Waals surface area contributed by atoms with Crippen molar-refractivity contribution in [3.8, 4) is 0 Å². The summed E-state index contributed by atoms with van der Waals surface area (Å²) in [5.74, 6) is -0.328. The first-order valence-corrected chi connectivity index (χ1v) is 4.17. The van der Waals surface area contributed by atoms with Gasteiger partial charge in [0.25, 0.3) is 5.91 Å². The largest absolute Gasteiger partial charge is 0.384 e. The quantitative estimate of drug-likeness (QED) is 0.503. The molecule has 0 bridgehead atoms. The maximum Gasteiger partial charge on any atom is 0.253 e. The van der Waals surface area contributed by atoms with Crippen LogP contribution in [0, 0.1) is 5.92 Å². The molecule has 1 rings (SSSR count). The maximum absolute atomic E-state index is 11.1. The number of nitrogens with one attached hydrogen (secondary N) is 1. The fourth-order valence-electron chi connectivity index (χ4n) is 1.29. The van der Waals surface area contributed by atoms with Crippen LogP contribution in [0.15, 0.2) is 11.6 Å². The molecule has 13 heavy (non-hydrogen) atoms. The molecule has 1 N–H and O–H groups in total. The third-order valence-electron chi connectivity index (χ3n) is 1.81. The van der Waals surface area contributed by atoms with Crippen molar-refractivity contribution >= 4 is 11.8 Å². The van der Waals surface area contributed by atoms with Gasteiger partial charge in [-0.05, 0) is 5.92 Å². The summed E-state index contributed by atoms with van der Waals surface area (Å²) in [6.07, 6.45) is 1.98. The molecule has 0 aromatic heterocycles. The summed E-state index contributed by atoms with van der Waals surface area (Å²) in [5.41, 5.74) is 0.551. The zero-order chi connectivity index (χ0) is 9.84. The first kappa shape index (κ1) is 9.92. The Morgan fingerprint density at radius 3 is 2.77 bits per heavy atom. The van der Waals surface area contributed by atoms with Gasteiger partial charge in [0, 0.05) is 12.7 Å². The second-order valence-corrected chi connectivity index (χ2v) is 3.18. The van der Waals surface area contributed by atoms with Gasteiger partial charge in [0.1, 0.15) is 0 Å². The zero-order valence-corrected chi connectivity index (χ0v) is 7.79. The van der Waals surface area contributed by atoms with E-state index in [1.807, 2.05) is 6.92 Å². The molecule has 0 aromatic carbocycles. The van der Waals surface area contributed by atoms with Gasteiger partial charge >= 0.3 is 0 Å². The Kier molecular flexibility index (Phi) is 3.19. The van der Waals surface area contributed by atoms with E-state index in [0.717, 1.165) is 0 Å². The van der Waals surface area contributed by atoms with Gasteiger partial charge in [-0.2, -0.15) is 0 Å². The van der Waals surface area contributed by atoms with Crippen LogP contribution >= 0.6 is 0 Å². The molecular weight excluding hydrogens is 170 g/mol. The summed E-state index contributed by atoms with van der Waals surface area (Å²) in [4.78, 5) is 21.9. The molecule has 1 fully saturated rings. The van der Waals surface area contributed by atoms with Gasteiger partial charge in [-0.15, -0.1) is 0 Å². The van der Waals surface area contributed by atoms with Crippen LogP contribution in [0.25, 0.3) is 0 Å². The lowest BCUT2D eigenvalue weighted by molar-refractivity contribution is -0.124. The highest BCUT2D eigenvalue weighted by molar-refractivity contribution is 6.13. The number of hydrogen-bond donors (Lipinski definition) is 1. The summed E-state index contributed by atoms with van der Waals surface area (Å²) < 4.78 is 4.91. The van der Waals surface area contributed by atoms with E-state index in [9.17, 15) is 9.59 Å². The molecule has 0 aliphatic carbocycles. The van der Waals surface area contributed by atoms with Gasteiger partial charge in [0.2, 0.25) is 5.91 Å². The second-order valence-electron chi connectivity index (χ2n) is 3.18. The summed E-state index contributed by atoms with van der Waals surface area (Å²) >= 11 is 0. The Morgan fingerprint density at radius 1 is 1.62 bits per heavy atom. The highest BCUT2D eigenvalue weighted by atomic mass is 16.5. The van der Waals surface area contributed by atoms with E-state index in [1.54, 1.807) is 13.2 Å². The maximum atomic E-state index is 11.1. The van der Waals surface area contributed by atoms with E-state index in [4.69, 9.17) is 4.74 Å². The highest BCUT2D eigenvalue weighted by Crippen LogP contribution is 2.12. The van der Waals surface area contributed by atoms with Crippen LogP contribution in [0.1, 0.15) is 13.3 Å². The third kappa shape index (κ3) is 2.66. The number of imide groups is 1. The van der Waals surface area contributed by atoms with Crippen molar-refractivity contribution in [3.05, 3.63) is 11.6 Å². The first-order chi connectivity index (χ1) is 6.13. The molecule has 1 atom stereocenters. The molecular formula is C9H13NO3. The van der Waals surface area contributed by atoms with E-state index in [-0.39, 0.29) is 24.2 Å². The first-order valence-electron chi connectivity index (χ1n) is 4.17. The fraction of sp³-hybridized carbons (Fsp3) is 0.556. The van der Waals surface area contributed by atoms with Crippen LogP contribution in [-0.4, -0.2) is 25.5 Å². The molecule has 1 unspecified atom stereocenters. The average Bonchev–Trinajstić information content (AvgIpc) is 2.30. The Hall–Kier alpha value is -1.16. The minimum Gasteiger partial charge on any atom is -0.384 e. The van der Waals surface area contributed by atoms with Crippen LogP contribution in [0.3, 0.4) is 0 Å². The standard InChI is InChI=1S/C9H13NO3/c1-6(5-13-2)3-7-4-8(11)10-9(7)12/h3,6H,4-5H2,1-2H3,(H,10,11,12)/b7-3-. The van der Waals surface area contributed by atoms with E-state index >= 15 is 0 Å². The minimum atomic E-state index is -0.270. The Labute approximate surface area is 76.9 Å². The lowest BCUT2D eigenvalue weighted by Crippen LogP contribution is -2.19. The van der Waals surface area contributed by atoms with Gasteiger partial charge in [0.05, 0.1) is 13.0 Å². The van der Waals surface area contributed by atoms with Gasteiger partial charge in [-0.1, -0.05) is 13.0 Å². The lowest BCUT2D eigenvalue weighted by Gasteiger charge is -2.03. The van der Waals surface area contributed by atoms with Crippen LogP contribution < -0.4 is 5.32 Å². The molecule has 1 saturated heterocycles. The number of amides is 2. The van der Waals surface area contributed by atoms with Gasteiger partial charge in [0.15, 0.2) is 0 Å². The third-order valence-corrected chi connectivity index (χ3v) is 1.81. The highest BCUT2D eigenvalue weighted by Gasteiger charge is 2.23. The molecule has 1 heterocycles. The number of carbonyl (C=O) groups is 2. The molecule has 2 amide bonds. The molecule has 4 nitrogen and oxygen atoms in total. The molecule has 4 heteroatoms. The molecule has 0 aromatic rings. The van der Waals surface area contributed by atoms with Crippen molar-refractivity contribution in [1.82, 2.24) is 5.32 Å². The Morgan fingerprint density at radius 2 is 2.31 bits per heavy atom. The van der Waals surface area contributed by atoms with E-state index in [2.05, 4.69) is 5.32 Å². The minimum absolute atomic E-state index is 0.164. The van der Waals surface area contributed by atoms with Crippen molar-refractivity contribution in [2.24, 2.45) is 5.92 Å². The van der Waals surface area contributed by atoms with Crippen LogP contribution in [0.5, 0.6) is 0 Å². The molecule has 1 aliphatic heterocycles. The van der Waals surface area contributed by atoms with Crippen molar-refractivity contribution in [2.45, 2.75) is 13.3 Å². The summed E-state index contributed by atoms with van der Waals surface area (Å²) in [5, 5.41) is 2.23. The topological polar surface area (TPSA) is 55.4 Å². The molecule has 0 radical (unpaired) electrons. The fourth-order valence-corrected chi connectivity index (χ4v) is 1.29. The zero-order valence-electron chi connectivity index (χ0n) is 7.79. The van der Waals surface area contributed by atoms with Crippen molar-refractivity contribution in [3.63, 3.8) is 0 Å². The van der Waals surface area contributed by atoms with E-state index in [0.29, 0.717) is 12.2 Å². The molecule has 0 saturated carbocycles. The van der Waals surface area contributed by atoms with Crippen LogP contribution in [-0.2, 0) is 14.3 Å². The Balaban J connectivity index is 2.60. The van der Waals surface area contributed by atoms with Crippen molar-refractivity contribution in [1.29, 1.82) is 0 Å². The number of methoxy groups -OCH3 is 1. The van der Waals surface area contributed by atoms with Gasteiger partial charge < -0.3 is 4.74 Å². The molecule has 0 spiro atoms. The molecule has 1 aliphatic rings. The predicted octanol–water partition coefficient (Wildman–Crippen LogP) is 0.242. The predicted molar refractivity (Wildman–Crippen MR) is 46.9 cm³/mol. The number of hydrogen-bond acceptors (Lipinski definition) is 3. The lowest BCUT2D eigenvalue weighted by atomic mass is 10.1. The number of rotatable bonds is 3. The number of carbonyl (C=O) groups excluding carboxylic acids is 2. The second kappa shape index (κ2) is 4.18. The Bertz CT molecular complexity index is 258. The van der Waals surface area contributed by atoms with Crippen LogP contribution in [0.2, 0.25) is 0 Å². The normalized spacial score (nSPS) is 22.2. The monoisotopic (exact) mass is 183 g/mol. The van der Waals surface area contributed by atoms with Crippen molar-refractivity contribution < 1.29 is 14.3 Å². The SMILES string of the molecule is COCC(C)/C=C1/CC(=O)NC1=O. The van der Waals surface area contributed by atoms with Crippen molar-refractivity contribution in [2.75, 3.05) is 13.7 Å². The van der Waals surface area contributed by atoms with E-state index in [1.165, 1.54) is 0 Å². The molecule has 72 valence electrons. The van der Waals surface area contributed by atoms with Gasteiger partial charge in [-0.25, -0.2) is 0 Å². The average molecular weight is 183 g/mol. The summed E-state index contributed by atoms with van der Waals surface area (Å²) in [6, 6.07) is 0. The van der Waals surface area contributed by atoms with Gasteiger partial charge in [-0.3, -0.25) is 14.9 Å².